The largest absolute Gasteiger partial charge is 0.469 e. The van der Waals surface area contributed by atoms with Gasteiger partial charge in [0.05, 0.1) is 19.2 Å². The summed E-state index contributed by atoms with van der Waals surface area (Å²) in [6.07, 6.45) is 0.0771. The Morgan fingerprint density at radius 1 is 1.50 bits per heavy atom. The van der Waals surface area contributed by atoms with Gasteiger partial charge in [-0.3, -0.25) is 9.59 Å². The summed E-state index contributed by atoms with van der Waals surface area (Å²) in [5.41, 5.74) is 1.57. The average Bonchev–Trinajstić information content (AvgIpc) is 2.56. The quantitative estimate of drug-likeness (QED) is 0.727. The number of carbonyl (C=O) groups is 2. The Morgan fingerprint density at radius 3 is 2.56 bits per heavy atom. The van der Waals surface area contributed by atoms with Crippen LogP contribution in [-0.2, 0) is 9.53 Å². The summed E-state index contributed by atoms with van der Waals surface area (Å²) in [4.78, 5) is 23.0. The standard InChI is InChI=1S/C11H16N2O3/c1-7(5-10(14)16-4)11(15)13-9(3)6-8(2)12-13/h6-7H,5H2,1-4H3. The zero-order chi connectivity index (χ0) is 12.3. The first-order valence-electron chi connectivity index (χ1n) is 5.10. The lowest BCUT2D eigenvalue weighted by Gasteiger charge is -2.09. The average molecular weight is 224 g/mol. The van der Waals surface area contributed by atoms with Crippen LogP contribution in [0, 0.1) is 19.8 Å². The Hall–Kier alpha value is -1.65. The van der Waals surface area contributed by atoms with Gasteiger partial charge in [-0.15, -0.1) is 0 Å². The van der Waals surface area contributed by atoms with Crippen molar-refractivity contribution in [3.05, 3.63) is 17.5 Å². The molecule has 0 aliphatic heterocycles. The Bertz CT molecular complexity index is 409. The minimum atomic E-state index is -0.426. The predicted molar refractivity (Wildman–Crippen MR) is 58.1 cm³/mol. The summed E-state index contributed by atoms with van der Waals surface area (Å²) < 4.78 is 5.86. The number of carbonyl (C=O) groups excluding carboxylic acids is 2. The molecule has 5 heteroatoms. The van der Waals surface area contributed by atoms with E-state index in [9.17, 15) is 9.59 Å². The van der Waals surface area contributed by atoms with Crippen molar-refractivity contribution in [3.63, 3.8) is 0 Å². The van der Waals surface area contributed by atoms with E-state index < -0.39 is 5.92 Å². The maximum atomic E-state index is 11.9. The van der Waals surface area contributed by atoms with Crippen LogP contribution in [0.4, 0.5) is 0 Å². The minimum absolute atomic E-state index is 0.0771. The third kappa shape index (κ3) is 2.68. The molecule has 5 nitrogen and oxygen atoms in total. The van der Waals surface area contributed by atoms with Crippen molar-refractivity contribution in [2.45, 2.75) is 27.2 Å². The van der Waals surface area contributed by atoms with Crippen LogP contribution in [0.15, 0.2) is 6.07 Å². The van der Waals surface area contributed by atoms with Gasteiger partial charge >= 0.3 is 5.97 Å². The van der Waals surface area contributed by atoms with Crippen molar-refractivity contribution in [1.29, 1.82) is 0 Å². The monoisotopic (exact) mass is 224 g/mol. The molecule has 1 atom stereocenters. The van der Waals surface area contributed by atoms with E-state index in [2.05, 4.69) is 9.84 Å². The minimum Gasteiger partial charge on any atom is -0.469 e. The van der Waals surface area contributed by atoms with Gasteiger partial charge in [0.15, 0.2) is 0 Å². The molecule has 0 amide bonds. The number of ether oxygens (including phenoxy) is 1. The fraction of sp³-hybridized carbons (Fsp3) is 0.545. The Morgan fingerprint density at radius 2 is 2.12 bits per heavy atom. The molecule has 1 aromatic rings. The van der Waals surface area contributed by atoms with Crippen molar-refractivity contribution in [1.82, 2.24) is 9.78 Å². The number of methoxy groups -OCH3 is 1. The highest BCUT2D eigenvalue weighted by atomic mass is 16.5. The van der Waals surface area contributed by atoms with E-state index in [-0.39, 0.29) is 18.3 Å². The maximum absolute atomic E-state index is 11.9. The number of hydrogen-bond donors (Lipinski definition) is 0. The number of hydrogen-bond acceptors (Lipinski definition) is 4. The molecular weight excluding hydrogens is 208 g/mol. The number of nitrogens with zero attached hydrogens (tertiary/aromatic N) is 2. The molecule has 0 spiro atoms. The lowest BCUT2D eigenvalue weighted by Crippen LogP contribution is -2.24. The number of aryl methyl sites for hydroxylation is 2. The molecule has 16 heavy (non-hydrogen) atoms. The molecule has 0 fully saturated rings. The van der Waals surface area contributed by atoms with Gasteiger partial charge in [-0.25, -0.2) is 4.68 Å². The molecule has 0 bridgehead atoms. The molecule has 88 valence electrons. The van der Waals surface area contributed by atoms with Crippen molar-refractivity contribution >= 4 is 11.9 Å². The predicted octanol–water partition coefficient (Wildman–Crippen LogP) is 1.34. The lowest BCUT2D eigenvalue weighted by atomic mass is 10.1. The fourth-order valence-electron chi connectivity index (χ4n) is 1.48. The molecule has 1 unspecified atom stereocenters. The third-order valence-corrected chi connectivity index (χ3v) is 2.34. The van der Waals surface area contributed by atoms with Crippen LogP contribution < -0.4 is 0 Å². The van der Waals surface area contributed by atoms with Crippen LogP contribution >= 0.6 is 0 Å². The Balaban J connectivity index is 2.78. The van der Waals surface area contributed by atoms with E-state index in [1.165, 1.54) is 11.8 Å². The summed E-state index contributed by atoms with van der Waals surface area (Å²) in [5, 5.41) is 4.08. The molecule has 0 radical (unpaired) electrons. The van der Waals surface area contributed by atoms with Crippen LogP contribution in [0.25, 0.3) is 0 Å². The first kappa shape index (κ1) is 12.4. The van der Waals surface area contributed by atoms with E-state index >= 15 is 0 Å². The highest BCUT2D eigenvalue weighted by molar-refractivity contribution is 5.85. The first-order valence-corrected chi connectivity index (χ1v) is 5.10. The summed E-state index contributed by atoms with van der Waals surface area (Å²) in [5.74, 6) is -0.996. The molecule has 0 saturated carbocycles. The number of aromatic nitrogens is 2. The topological polar surface area (TPSA) is 61.2 Å². The molecule has 0 aromatic carbocycles. The van der Waals surface area contributed by atoms with Gasteiger partial charge in [-0.1, -0.05) is 6.92 Å². The zero-order valence-corrected chi connectivity index (χ0v) is 9.98. The van der Waals surface area contributed by atoms with E-state index in [1.54, 1.807) is 6.92 Å². The second-order valence-electron chi connectivity index (χ2n) is 3.86. The van der Waals surface area contributed by atoms with E-state index in [0.29, 0.717) is 0 Å². The van der Waals surface area contributed by atoms with Gasteiger partial charge in [0.1, 0.15) is 0 Å². The molecule has 1 heterocycles. The fourth-order valence-corrected chi connectivity index (χ4v) is 1.48. The van der Waals surface area contributed by atoms with Crippen molar-refractivity contribution < 1.29 is 14.3 Å². The van der Waals surface area contributed by atoms with E-state index in [4.69, 9.17) is 0 Å². The van der Waals surface area contributed by atoms with Crippen LogP contribution in [0.5, 0.6) is 0 Å². The molecular formula is C11H16N2O3. The summed E-state index contributed by atoms with van der Waals surface area (Å²) in [7, 11) is 1.31. The van der Waals surface area contributed by atoms with Gasteiger partial charge in [0.2, 0.25) is 0 Å². The van der Waals surface area contributed by atoms with Gasteiger partial charge in [0.25, 0.3) is 5.91 Å². The maximum Gasteiger partial charge on any atom is 0.306 e. The van der Waals surface area contributed by atoms with Crippen molar-refractivity contribution in [3.8, 4) is 0 Å². The summed E-state index contributed by atoms with van der Waals surface area (Å²) in [6, 6.07) is 1.82. The van der Waals surface area contributed by atoms with Crippen LogP contribution in [0.1, 0.15) is 29.5 Å². The Kier molecular flexibility index (Phi) is 3.82. The first-order chi connectivity index (χ1) is 7.45. The molecule has 0 aliphatic carbocycles. The van der Waals surface area contributed by atoms with Crippen LogP contribution in [0.3, 0.4) is 0 Å². The normalized spacial score (nSPS) is 12.2. The van der Waals surface area contributed by atoms with E-state index in [1.807, 2.05) is 19.9 Å². The molecule has 0 aliphatic rings. The SMILES string of the molecule is COC(=O)CC(C)C(=O)n1nc(C)cc1C. The molecule has 1 aromatic heterocycles. The third-order valence-electron chi connectivity index (χ3n) is 2.34. The second-order valence-corrected chi connectivity index (χ2v) is 3.86. The summed E-state index contributed by atoms with van der Waals surface area (Å²) >= 11 is 0. The van der Waals surface area contributed by atoms with Gasteiger partial charge in [-0.2, -0.15) is 5.10 Å². The highest BCUT2D eigenvalue weighted by Gasteiger charge is 2.21. The lowest BCUT2D eigenvalue weighted by molar-refractivity contribution is -0.141. The Labute approximate surface area is 94.4 Å². The van der Waals surface area contributed by atoms with Gasteiger partial charge in [0, 0.05) is 11.6 Å². The molecule has 1 rings (SSSR count). The van der Waals surface area contributed by atoms with Crippen molar-refractivity contribution in [2.75, 3.05) is 7.11 Å². The number of esters is 1. The summed E-state index contributed by atoms with van der Waals surface area (Å²) in [6.45, 7) is 5.32. The van der Waals surface area contributed by atoms with E-state index in [0.717, 1.165) is 11.4 Å². The van der Waals surface area contributed by atoms with Gasteiger partial charge < -0.3 is 4.74 Å². The highest BCUT2D eigenvalue weighted by Crippen LogP contribution is 2.10. The van der Waals surface area contributed by atoms with Gasteiger partial charge in [-0.05, 0) is 19.9 Å². The van der Waals surface area contributed by atoms with Crippen LogP contribution in [0.2, 0.25) is 0 Å². The van der Waals surface area contributed by atoms with Crippen LogP contribution in [-0.4, -0.2) is 28.8 Å². The zero-order valence-electron chi connectivity index (χ0n) is 9.98. The van der Waals surface area contributed by atoms with Crippen molar-refractivity contribution in [2.24, 2.45) is 5.92 Å². The smallest absolute Gasteiger partial charge is 0.306 e. The number of rotatable bonds is 3. The molecule has 0 saturated heterocycles. The second kappa shape index (κ2) is 4.92. The molecule has 0 N–H and O–H groups in total.